The molecule has 8 heteroatoms. The highest BCUT2D eigenvalue weighted by molar-refractivity contribution is 6.06. The maximum Gasteiger partial charge on any atom is 0.416 e. The lowest BCUT2D eigenvalue weighted by Crippen LogP contribution is -2.41. The second-order valence-electron chi connectivity index (χ2n) is 4.53. The summed E-state index contributed by atoms with van der Waals surface area (Å²) in [6.45, 7) is 1.33. The van der Waals surface area contributed by atoms with Gasteiger partial charge < -0.3 is 15.4 Å². The number of halogens is 3. The first-order valence-corrected chi connectivity index (χ1v) is 6.19. The van der Waals surface area contributed by atoms with Crippen molar-refractivity contribution in [3.8, 4) is 0 Å². The smallest absolute Gasteiger partial charge is 0.378 e. The summed E-state index contributed by atoms with van der Waals surface area (Å²) in [4.78, 5) is 25.0. The molecule has 2 rings (SSSR count). The molecule has 0 bridgehead atoms. The summed E-state index contributed by atoms with van der Waals surface area (Å²) in [7, 11) is 0. The van der Waals surface area contributed by atoms with E-state index in [4.69, 9.17) is 10.5 Å². The quantitative estimate of drug-likeness (QED) is 0.894. The van der Waals surface area contributed by atoms with Crippen molar-refractivity contribution >= 4 is 11.8 Å². The van der Waals surface area contributed by atoms with Crippen LogP contribution in [0.2, 0.25) is 0 Å². The van der Waals surface area contributed by atoms with E-state index in [2.05, 4.69) is 0 Å². The predicted molar refractivity (Wildman–Crippen MR) is 66.7 cm³/mol. The van der Waals surface area contributed by atoms with Crippen molar-refractivity contribution in [2.45, 2.75) is 6.18 Å². The van der Waals surface area contributed by atoms with E-state index >= 15 is 0 Å². The molecule has 2 amide bonds. The number of primary amides is 1. The van der Waals surface area contributed by atoms with E-state index in [-0.39, 0.29) is 5.56 Å². The summed E-state index contributed by atoms with van der Waals surface area (Å²) in [5.41, 5.74) is 3.52. The molecule has 0 aromatic heterocycles. The molecule has 1 fully saturated rings. The van der Waals surface area contributed by atoms with Crippen LogP contribution in [0.25, 0.3) is 0 Å². The van der Waals surface area contributed by atoms with E-state index in [1.807, 2.05) is 0 Å². The van der Waals surface area contributed by atoms with Crippen molar-refractivity contribution in [2.75, 3.05) is 26.3 Å². The number of benzene rings is 1. The number of rotatable bonds is 2. The van der Waals surface area contributed by atoms with Gasteiger partial charge in [0.2, 0.25) is 5.91 Å². The van der Waals surface area contributed by atoms with Crippen LogP contribution < -0.4 is 5.73 Å². The lowest BCUT2D eigenvalue weighted by atomic mass is 10.0. The summed E-state index contributed by atoms with van der Waals surface area (Å²) in [6, 6.07) is 2.36. The van der Waals surface area contributed by atoms with Crippen LogP contribution >= 0.6 is 0 Å². The Bertz CT molecular complexity index is 566. The van der Waals surface area contributed by atoms with Crippen molar-refractivity contribution in [3.63, 3.8) is 0 Å². The van der Waals surface area contributed by atoms with Crippen LogP contribution in [0.5, 0.6) is 0 Å². The van der Waals surface area contributed by atoms with Crippen LogP contribution in [0, 0.1) is 0 Å². The van der Waals surface area contributed by atoms with Crippen LogP contribution in [-0.2, 0) is 10.9 Å². The Kier molecular flexibility index (Phi) is 4.17. The first-order chi connectivity index (χ1) is 9.80. The molecule has 1 aliphatic rings. The molecular formula is C13H13F3N2O3. The van der Waals surface area contributed by atoms with Crippen LogP contribution in [0.4, 0.5) is 13.2 Å². The minimum Gasteiger partial charge on any atom is -0.378 e. The zero-order valence-electron chi connectivity index (χ0n) is 10.9. The number of hydrogen-bond acceptors (Lipinski definition) is 3. The Morgan fingerprint density at radius 3 is 2.29 bits per heavy atom. The molecule has 1 aliphatic heterocycles. The molecule has 0 atom stereocenters. The van der Waals surface area contributed by atoms with E-state index < -0.39 is 29.1 Å². The van der Waals surface area contributed by atoms with Gasteiger partial charge in [-0.05, 0) is 18.2 Å². The van der Waals surface area contributed by atoms with Gasteiger partial charge in [0.05, 0.1) is 29.9 Å². The average Bonchev–Trinajstić information content (AvgIpc) is 2.45. The number of hydrogen-bond donors (Lipinski definition) is 1. The van der Waals surface area contributed by atoms with Gasteiger partial charge in [-0.1, -0.05) is 0 Å². The molecule has 0 saturated carbocycles. The zero-order valence-corrected chi connectivity index (χ0v) is 10.9. The first kappa shape index (κ1) is 15.3. The molecule has 1 aromatic rings. The number of amides is 2. The molecule has 0 aliphatic carbocycles. The molecule has 1 aromatic carbocycles. The van der Waals surface area contributed by atoms with Gasteiger partial charge in [-0.3, -0.25) is 9.59 Å². The molecule has 21 heavy (non-hydrogen) atoms. The third kappa shape index (κ3) is 3.33. The fourth-order valence-corrected chi connectivity index (χ4v) is 2.05. The standard InChI is InChI=1S/C13H13F3N2O3/c14-13(15,16)8-1-2-9(10(7-8)11(17)19)12(20)18-3-5-21-6-4-18/h1-2,7H,3-6H2,(H2,17,19). The summed E-state index contributed by atoms with van der Waals surface area (Å²) >= 11 is 0. The van der Waals surface area contributed by atoms with Crippen molar-refractivity contribution in [1.29, 1.82) is 0 Å². The second kappa shape index (κ2) is 5.72. The molecule has 5 nitrogen and oxygen atoms in total. The molecule has 1 saturated heterocycles. The van der Waals surface area contributed by atoms with Gasteiger partial charge in [-0.25, -0.2) is 0 Å². The monoisotopic (exact) mass is 302 g/mol. The number of alkyl halides is 3. The Hall–Kier alpha value is -2.09. The van der Waals surface area contributed by atoms with E-state index in [1.165, 1.54) is 4.90 Å². The van der Waals surface area contributed by atoms with Crippen molar-refractivity contribution in [1.82, 2.24) is 4.90 Å². The number of nitrogens with two attached hydrogens (primary N) is 1. The third-order valence-corrected chi connectivity index (χ3v) is 3.14. The lowest BCUT2D eigenvalue weighted by Gasteiger charge is -2.27. The molecular weight excluding hydrogens is 289 g/mol. The Morgan fingerprint density at radius 2 is 1.76 bits per heavy atom. The van der Waals surface area contributed by atoms with Gasteiger partial charge in [0, 0.05) is 13.1 Å². The molecule has 0 spiro atoms. The SMILES string of the molecule is NC(=O)c1cc(C(F)(F)F)ccc1C(=O)N1CCOCC1. The van der Waals surface area contributed by atoms with E-state index in [1.54, 1.807) is 0 Å². The summed E-state index contributed by atoms with van der Waals surface area (Å²) in [5, 5.41) is 0. The molecule has 0 radical (unpaired) electrons. The molecule has 1 heterocycles. The van der Waals surface area contributed by atoms with Gasteiger partial charge in [0.25, 0.3) is 5.91 Å². The molecule has 2 N–H and O–H groups in total. The third-order valence-electron chi connectivity index (χ3n) is 3.14. The molecule has 0 unspecified atom stereocenters. The van der Waals surface area contributed by atoms with E-state index in [9.17, 15) is 22.8 Å². The van der Waals surface area contributed by atoms with Gasteiger partial charge in [0.15, 0.2) is 0 Å². The summed E-state index contributed by atoms with van der Waals surface area (Å²) < 4.78 is 43.1. The maximum atomic E-state index is 12.7. The Morgan fingerprint density at radius 1 is 1.14 bits per heavy atom. The number of ether oxygens (including phenoxy) is 1. The van der Waals surface area contributed by atoms with E-state index in [0.29, 0.717) is 32.4 Å². The average molecular weight is 302 g/mol. The number of carbonyl (C=O) groups is 2. The van der Waals surface area contributed by atoms with Crippen LogP contribution in [0.1, 0.15) is 26.3 Å². The predicted octanol–water partition coefficient (Wildman–Crippen LogP) is 1.28. The highest BCUT2D eigenvalue weighted by Crippen LogP contribution is 2.30. The largest absolute Gasteiger partial charge is 0.416 e. The fourth-order valence-electron chi connectivity index (χ4n) is 2.05. The highest BCUT2D eigenvalue weighted by atomic mass is 19.4. The van der Waals surface area contributed by atoms with Crippen molar-refractivity contribution in [2.24, 2.45) is 5.73 Å². The Balaban J connectivity index is 2.38. The Labute approximate surface area is 118 Å². The minimum absolute atomic E-state index is 0.127. The maximum absolute atomic E-state index is 12.7. The van der Waals surface area contributed by atoms with Gasteiger partial charge in [-0.2, -0.15) is 13.2 Å². The summed E-state index contributed by atoms with van der Waals surface area (Å²) in [6.07, 6.45) is -4.61. The highest BCUT2D eigenvalue weighted by Gasteiger charge is 2.33. The zero-order chi connectivity index (χ0) is 15.6. The number of morpholine rings is 1. The van der Waals surface area contributed by atoms with Gasteiger partial charge in [0.1, 0.15) is 0 Å². The lowest BCUT2D eigenvalue weighted by molar-refractivity contribution is -0.137. The van der Waals surface area contributed by atoms with Crippen LogP contribution in [-0.4, -0.2) is 43.0 Å². The van der Waals surface area contributed by atoms with Crippen molar-refractivity contribution < 1.29 is 27.5 Å². The fraction of sp³-hybridized carbons (Fsp3) is 0.385. The number of nitrogens with zero attached hydrogens (tertiary/aromatic N) is 1. The van der Waals surface area contributed by atoms with Crippen molar-refractivity contribution in [3.05, 3.63) is 34.9 Å². The normalized spacial score (nSPS) is 15.9. The minimum atomic E-state index is -4.61. The molecule has 114 valence electrons. The summed E-state index contributed by atoms with van der Waals surface area (Å²) in [5.74, 6) is -1.60. The van der Waals surface area contributed by atoms with Crippen LogP contribution in [0.3, 0.4) is 0 Å². The number of carbonyl (C=O) groups excluding carboxylic acids is 2. The van der Waals surface area contributed by atoms with Gasteiger partial charge in [-0.15, -0.1) is 0 Å². The van der Waals surface area contributed by atoms with Gasteiger partial charge >= 0.3 is 6.18 Å². The second-order valence-corrected chi connectivity index (χ2v) is 4.53. The van der Waals surface area contributed by atoms with Crippen LogP contribution in [0.15, 0.2) is 18.2 Å². The topological polar surface area (TPSA) is 72.6 Å². The first-order valence-electron chi connectivity index (χ1n) is 6.19. The van der Waals surface area contributed by atoms with E-state index in [0.717, 1.165) is 12.1 Å².